The molecule has 0 aliphatic carbocycles. The second-order valence-corrected chi connectivity index (χ2v) is 5.40. The average molecular weight is 329 g/mol. The summed E-state index contributed by atoms with van der Waals surface area (Å²) in [7, 11) is 0. The van der Waals surface area contributed by atoms with E-state index >= 15 is 0 Å². The van der Waals surface area contributed by atoms with Gasteiger partial charge in [0.15, 0.2) is 0 Å². The third-order valence-corrected chi connectivity index (χ3v) is 3.84. The molecule has 0 spiro atoms. The third kappa shape index (κ3) is 2.29. The van der Waals surface area contributed by atoms with Crippen molar-refractivity contribution >= 4 is 22.1 Å². The van der Waals surface area contributed by atoms with E-state index in [1.54, 1.807) is 17.1 Å². The molecule has 7 heteroatoms. The molecule has 7 nitrogen and oxygen atoms in total. The summed E-state index contributed by atoms with van der Waals surface area (Å²) in [5.41, 5.74) is 2.84. The minimum Gasteiger partial charge on any atom is -0.449 e. The van der Waals surface area contributed by atoms with E-state index in [0.717, 1.165) is 22.2 Å². The predicted octanol–water partition coefficient (Wildman–Crippen LogP) is 3.75. The van der Waals surface area contributed by atoms with Gasteiger partial charge in [0.25, 0.3) is 5.88 Å². The number of hydrogen-bond acceptors (Lipinski definition) is 6. The summed E-state index contributed by atoms with van der Waals surface area (Å²) in [5, 5.41) is 8.73. The highest BCUT2D eigenvalue weighted by molar-refractivity contribution is 6.03. The molecule has 0 bridgehead atoms. The smallest absolute Gasteiger partial charge is 0.267 e. The molecule has 5 aromatic rings. The van der Waals surface area contributed by atoms with Crippen molar-refractivity contribution < 1.29 is 9.15 Å². The largest absolute Gasteiger partial charge is 0.449 e. The highest BCUT2D eigenvalue weighted by atomic mass is 16.5. The summed E-state index contributed by atoms with van der Waals surface area (Å²) < 4.78 is 13.5. The van der Waals surface area contributed by atoms with Crippen LogP contribution < -0.4 is 4.74 Å². The van der Waals surface area contributed by atoms with Crippen molar-refractivity contribution in [2.24, 2.45) is 0 Å². The predicted molar refractivity (Wildman–Crippen MR) is 90.7 cm³/mol. The maximum atomic E-state index is 5.95. The summed E-state index contributed by atoms with van der Waals surface area (Å²) in [6.45, 7) is 0. The molecule has 0 amide bonds. The Morgan fingerprint density at radius 1 is 1.00 bits per heavy atom. The molecule has 0 radical (unpaired) electrons. The van der Waals surface area contributed by atoms with Gasteiger partial charge in [0.2, 0.25) is 5.58 Å². The topological polar surface area (TPSA) is 78.9 Å². The van der Waals surface area contributed by atoms with Crippen LogP contribution in [0.2, 0.25) is 0 Å². The highest BCUT2D eigenvalue weighted by Gasteiger charge is 2.14. The van der Waals surface area contributed by atoms with Gasteiger partial charge in [0.05, 0.1) is 18.1 Å². The number of benzene rings is 2. The lowest BCUT2D eigenvalue weighted by molar-refractivity contribution is 0.456. The van der Waals surface area contributed by atoms with Crippen molar-refractivity contribution in [3.8, 4) is 17.3 Å². The second-order valence-electron chi connectivity index (χ2n) is 5.40. The van der Waals surface area contributed by atoms with Gasteiger partial charge in [-0.15, -0.1) is 5.10 Å². The van der Waals surface area contributed by atoms with Gasteiger partial charge in [-0.05, 0) is 24.3 Å². The van der Waals surface area contributed by atoms with Crippen LogP contribution >= 0.6 is 0 Å². The number of hydrogen-bond donors (Lipinski definition) is 0. The molecule has 0 unspecified atom stereocenters. The Morgan fingerprint density at radius 3 is 2.88 bits per heavy atom. The molecule has 120 valence electrons. The first-order chi connectivity index (χ1) is 12.4. The van der Waals surface area contributed by atoms with Crippen molar-refractivity contribution in [3.05, 3.63) is 67.3 Å². The molecule has 0 aliphatic heterocycles. The molecule has 3 aromatic heterocycles. The van der Waals surface area contributed by atoms with Gasteiger partial charge in [-0.2, -0.15) is 4.98 Å². The van der Waals surface area contributed by atoms with E-state index in [1.807, 2.05) is 48.5 Å². The lowest BCUT2D eigenvalue weighted by Gasteiger charge is -2.06. The summed E-state index contributed by atoms with van der Waals surface area (Å²) in [6, 6.07) is 15.2. The minimum absolute atomic E-state index is 0.372. The first kappa shape index (κ1) is 13.7. The van der Waals surface area contributed by atoms with Crippen molar-refractivity contribution in [3.63, 3.8) is 0 Å². The zero-order valence-corrected chi connectivity index (χ0v) is 12.9. The fourth-order valence-corrected chi connectivity index (χ4v) is 2.72. The van der Waals surface area contributed by atoms with Gasteiger partial charge in [0, 0.05) is 11.5 Å². The summed E-state index contributed by atoms with van der Waals surface area (Å²) in [5.74, 6) is 0.991. The van der Waals surface area contributed by atoms with Crippen LogP contribution in [0.15, 0.2) is 71.7 Å². The van der Waals surface area contributed by atoms with Crippen LogP contribution in [0.4, 0.5) is 0 Å². The minimum atomic E-state index is 0.372. The van der Waals surface area contributed by atoms with Crippen LogP contribution in [0.3, 0.4) is 0 Å². The van der Waals surface area contributed by atoms with Crippen LogP contribution in [-0.2, 0) is 0 Å². The standard InChI is InChI=1S/C18H11N5O2/c1-2-7-15-14(6-1)16-17(25-15)18(20-11-19-16)24-13-5-3-4-12(10-13)23-9-8-21-22-23/h1-11H. The van der Waals surface area contributed by atoms with Crippen molar-refractivity contribution in [2.75, 3.05) is 0 Å². The maximum Gasteiger partial charge on any atom is 0.267 e. The lowest BCUT2D eigenvalue weighted by atomic mass is 10.2. The summed E-state index contributed by atoms with van der Waals surface area (Å²) in [4.78, 5) is 8.55. The number of rotatable bonds is 3. The zero-order valence-electron chi connectivity index (χ0n) is 12.9. The Labute approximate surface area is 141 Å². The molecule has 0 aliphatic rings. The van der Waals surface area contributed by atoms with E-state index in [-0.39, 0.29) is 0 Å². The van der Waals surface area contributed by atoms with E-state index in [2.05, 4.69) is 20.3 Å². The van der Waals surface area contributed by atoms with E-state index in [4.69, 9.17) is 9.15 Å². The Bertz CT molecular complexity index is 1180. The Balaban J connectivity index is 1.59. The van der Waals surface area contributed by atoms with Crippen LogP contribution in [0.25, 0.3) is 27.8 Å². The molecule has 0 saturated carbocycles. The molecule has 0 N–H and O–H groups in total. The Morgan fingerprint density at radius 2 is 1.96 bits per heavy atom. The molecule has 0 saturated heterocycles. The van der Waals surface area contributed by atoms with E-state index in [1.165, 1.54) is 6.33 Å². The normalized spacial score (nSPS) is 11.2. The molecule has 0 atom stereocenters. The van der Waals surface area contributed by atoms with Crippen LogP contribution in [0.1, 0.15) is 0 Å². The zero-order chi connectivity index (χ0) is 16.6. The van der Waals surface area contributed by atoms with Crippen molar-refractivity contribution in [2.45, 2.75) is 0 Å². The number of ether oxygens (including phenoxy) is 1. The highest BCUT2D eigenvalue weighted by Crippen LogP contribution is 2.33. The first-order valence-electron chi connectivity index (χ1n) is 7.65. The number of nitrogens with zero attached hydrogens (tertiary/aromatic N) is 5. The number of aromatic nitrogens is 5. The fraction of sp³-hybridized carbons (Fsp3) is 0. The number of furan rings is 1. The molecule has 5 rings (SSSR count). The molecule has 0 fully saturated rings. The van der Waals surface area contributed by atoms with Crippen LogP contribution in [-0.4, -0.2) is 25.0 Å². The number of fused-ring (bicyclic) bond motifs is 3. The average Bonchev–Trinajstić information content (AvgIpc) is 3.31. The SMILES string of the molecule is c1cc(Oc2ncnc3c2oc2ccccc23)cc(-n2ccnn2)c1. The Hall–Kier alpha value is -3.74. The van der Waals surface area contributed by atoms with Gasteiger partial charge in [0.1, 0.15) is 23.2 Å². The fourth-order valence-electron chi connectivity index (χ4n) is 2.72. The van der Waals surface area contributed by atoms with Crippen molar-refractivity contribution in [1.29, 1.82) is 0 Å². The molecule has 25 heavy (non-hydrogen) atoms. The van der Waals surface area contributed by atoms with Gasteiger partial charge in [-0.25, -0.2) is 9.67 Å². The lowest BCUT2D eigenvalue weighted by Crippen LogP contribution is -1.96. The van der Waals surface area contributed by atoms with E-state index < -0.39 is 0 Å². The third-order valence-electron chi connectivity index (χ3n) is 3.84. The quantitative estimate of drug-likeness (QED) is 0.501. The summed E-state index contributed by atoms with van der Waals surface area (Å²) >= 11 is 0. The van der Waals surface area contributed by atoms with Gasteiger partial charge in [-0.1, -0.05) is 23.4 Å². The van der Waals surface area contributed by atoms with E-state index in [9.17, 15) is 0 Å². The summed E-state index contributed by atoms with van der Waals surface area (Å²) in [6.07, 6.45) is 4.86. The first-order valence-corrected chi connectivity index (χ1v) is 7.65. The van der Waals surface area contributed by atoms with Gasteiger partial charge >= 0.3 is 0 Å². The van der Waals surface area contributed by atoms with Gasteiger partial charge < -0.3 is 9.15 Å². The molecular formula is C18H11N5O2. The van der Waals surface area contributed by atoms with Crippen LogP contribution in [0.5, 0.6) is 11.6 Å². The Kier molecular flexibility index (Phi) is 2.96. The second kappa shape index (κ2) is 5.41. The van der Waals surface area contributed by atoms with Crippen molar-refractivity contribution in [1.82, 2.24) is 25.0 Å². The van der Waals surface area contributed by atoms with E-state index in [0.29, 0.717) is 17.2 Å². The molecule has 2 aromatic carbocycles. The number of para-hydroxylation sites is 1. The monoisotopic (exact) mass is 329 g/mol. The molecule has 3 heterocycles. The van der Waals surface area contributed by atoms with Crippen LogP contribution in [0, 0.1) is 0 Å². The van der Waals surface area contributed by atoms with Gasteiger partial charge in [-0.3, -0.25) is 0 Å². The maximum absolute atomic E-state index is 5.95. The molecular weight excluding hydrogens is 318 g/mol.